The molecule has 0 radical (unpaired) electrons. The van der Waals surface area contributed by atoms with Gasteiger partial charge in [-0.1, -0.05) is 31.5 Å². The molecule has 2 unspecified atom stereocenters. The fourth-order valence-corrected chi connectivity index (χ4v) is 3.60. The molecule has 1 saturated carbocycles. The van der Waals surface area contributed by atoms with E-state index < -0.39 is 0 Å². The van der Waals surface area contributed by atoms with Gasteiger partial charge in [0, 0.05) is 10.7 Å². The van der Waals surface area contributed by atoms with Crippen molar-refractivity contribution in [3.8, 4) is 0 Å². The highest BCUT2D eigenvalue weighted by Crippen LogP contribution is 2.38. The Labute approximate surface area is 114 Å². The maximum atomic E-state index is 9.81. The number of aliphatic hydroxyl groups excluding tert-OH is 1. The topological polar surface area (TPSA) is 32.3 Å². The van der Waals surface area contributed by atoms with Crippen LogP contribution in [-0.2, 0) is 0 Å². The van der Waals surface area contributed by atoms with Crippen molar-refractivity contribution in [3.63, 3.8) is 0 Å². The van der Waals surface area contributed by atoms with Crippen molar-refractivity contribution in [2.75, 3.05) is 11.9 Å². The van der Waals surface area contributed by atoms with Gasteiger partial charge >= 0.3 is 0 Å². The third-order valence-corrected chi connectivity index (χ3v) is 4.06. The van der Waals surface area contributed by atoms with E-state index in [1.807, 2.05) is 24.3 Å². The van der Waals surface area contributed by atoms with Crippen LogP contribution < -0.4 is 5.32 Å². The summed E-state index contributed by atoms with van der Waals surface area (Å²) in [4.78, 5) is 0. The van der Waals surface area contributed by atoms with Crippen LogP contribution in [0.25, 0.3) is 0 Å². The highest BCUT2D eigenvalue weighted by Gasteiger charge is 2.37. The van der Waals surface area contributed by atoms with E-state index in [1.54, 1.807) is 0 Å². The molecule has 1 fully saturated rings. The van der Waals surface area contributed by atoms with E-state index in [2.05, 4.69) is 19.2 Å². The molecule has 0 aromatic heterocycles. The first kappa shape index (κ1) is 13.7. The summed E-state index contributed by atoms with van der Waals surface area (Å²) >= 11 is 6.01. The molecule has 100 valence electrons. The molecule has 0 amide bonds. The largest absolute Gasteiger partial charge is 0.394 e. The van der Waals surface area contributed by atoms with Crippen LogP contribution in [-0.4, -0.2) is 17.3 Å². The Morgan fingerprint density at radius 2 is 2.00 bits per heavy atom. The fourth-order valence-electron chi connectivity index (χ4n) is 3.41. The average molecular weight is 268 g/mol. The number of rotatable bonds is 3. The fraction of sp³-hybridized carbons (Fsp3) is 0.600. The molecule has 2 nitrogen and oxygen atoms in total. The average Bonchev–Trinajstić information content (AvgIpc) is 2.27. The lowest BCUT2D eigenvalue weighted by Gasteiger charge is -2.43. The van der Waals surface area contributed by atoms with Gasteiger partial charge in [-0.05, 0) is 49.3 Å². The van der Waals surface area contributed by atoms with Crippen molar-refractivity contribution < 1.29 is 5.11 Å². The second-order valence-electron chi connectivity index (χ2n) is 5.93. The van der Waals surface area contributed by atoms with Gasteiger partial charge in [0.15, 0.2) is 0 Å². The van der Waals surface area contributed by atoms with Crippen molar-refractivity contribution in [3.05, 3.63) is 29.3 Å². The second kappa shape index (κ2) is 5.50. The van der Waals surface area contributed by atoms with E-state index in [0.29, 0.717) is 11.8 Å². The van der Waals surface area contributed by atoms with Gasteiger partial charge < -0.3 is 10.4 Å². The van der Waals surface area contributed by atoms with Crippen molar-refractivity contribution in [1.29, 1.82) is 0 Å². The highest BCUT2D eigenvalue weighted by atomic mass is 35.5. The summed E-state index contributed by atoms with van der Waals surface area (Å²) in [5.74, 6) is 1.29. The molecule has 18 heavy (non-hydrogen) atoms. The number of benzene rings is 1. The Bertz CT molecular complexity index is 397. The minimum Gasteiger partial charge on any atom is -0.394 e. The zero-order valence-corrected chi connectivity index (χ0v) is 11.9. The van der Waals surface area contributed by atoms with Gasteiger partial charge in [-0.2, -0.15) is 0 Å². The highest BCUT2D eigenvalue weighted by molar-refractivity contribution is 6.30. The lowest BCUT2D eigenvalue weighted by atomic mass is 9.72. The van der Waals surface area contributed by atoms with E-state index >= 15 is 0 Å². The summed E-state index contributed by atoms with van der Waals surface area (Å²) in [6.45, 7) is 4.70. The predicted molar refractivity (Wildman–Crippen MR) is 77.1 cm³/mol. The number of halogens is 1. The van der Waals surface area contributed by atoms with Crippen LogP contribution in [0.1, 0.15) is 33.1 Å². The summed E-state index contributed by atoms with van der Waals surface area (Å²) in [5.41, 5.74) is 0.805. The van der Waals surface area contributed by atoms with Gasteiger partial charge in [-0.15, -0.1) is 0 Å². The monoisotopic (exact) mass is 267 g/mol. The van der Waals surface area contributed by atoms with Gasteiger partial charge in [-0.25, -0.2) is 0 Å². The zero-order chi connectivity index (χ0) is 13.2. The summed E-state index contributed by atoms with van der Waals surface area (Å²) in [5, 5.41) is 14.1. The van der Waals surface area contributed by atoms with Gasteiger partial charge in [0.1, 0.15) is 0 Å². The molecule has 0 heterocycles. The van der Waals surface area contributed by atoms with Gasteiger partial charge in [0.2, 0.25) is 0 Å². The van der Waals surface area contributed by atoms with Gasteiger partial charge in [0.05, 0.1) is 12.1 Å². The Morgan fingerprint density at radius 3 is 2.56 bits per heavy atom. The van der Waals surface area contributed by atoms with Crippen molar-refractivity contribution in [1.82, 2.24) is 0 Å². The molecule has 2 atom stereocenters. The molecule has 2 N–H and O–H groups in total. The van der Waals surface area contributed by atoms with Crippen molar-refractivity contribution in [2.45, 2.75) is 38.6 Å². The van der Waals surface area contributed by atoms with Gasteiger partial charge in [0.25, 0.3) is 0 Å². The smallest absolute Gasteiger partial charge is 0.0661 e. The zero-order valence-electron chi connectivity index (χ0n) is 11.1. The molecule has 1 aliphatic carbocycles. The van der Waals surface area contributed by atoms with E-state index in [9.17, 15) is 5.11 Å². The summed E-state index contributed by atoms with van der Waals surface area (Å²) in [6, 6.07) is 7.73. The maximum absolute atomic E-state index is 9.81. The standard InChI is InChI=1S/C15H22ClNO/c1-11-6-12(2)9-15(8-11,10-18)17-14-5-3-4-13(16)7-14/h3-5,7,11-12,17-18H,6,8-10H2,1-2H3. The van der Waals surface area contributed by atoms with Crippen LogP contribution in [0.3, 0.4) is 0 Å². The van der Waals surface area contributed by atoms with Crippen LogP contribution in [0.4, 0.5) is 5.69 Å². The first-order chi connectivity index (χ1) is 8.53. The summed E-state index contributed by atoms with van der Waals surface area (Å²) < 4.78 is 0. The van der Waals surface area contributed by atoms with Crippen LogP contribution in [0.15, 0.2) is 24.3 Å². The summed E-state index contributed by atoms with van der Waals surface area (Å²) in [6.07, 6.45) is 3.28. The van der Waals surface area contributed by atoms with E-state index in [-0.39, 0.29) is 12.1 Å². The molecule has 0 saturated heterocycles. The normalized spacial score (nSPS) is 32.2. The van der Waals surface area contributed by atoms with Crippen LogP contribution in [0.2, 0.25) is 5.02 Å². The molecule has 1 aliphatic rings. The first-order valence-corrected chi connectivity index (χ1v) is 7.05. The third kappa shape index (κ3) is 3.18. The number of anilines is 1. The third-order valence-electron chi connectivity index (χ3n) is 3.82. The first-order valence-electron chi connectivity index (χ1n) is 6.67. The van der Waals surface area contributed by atoms with Crippen molar-refractivity contribution >= 4 is 17.3 Å². The molecule has 2 rings (SSSR count). The molecule has 1 aromatic carbocycles. The molecule has 0 aliphatic heterocycles. The number of hydrogen-bond donors (Lipinski definition) is 2. The van der Waals surface area contributed by atoms with Gasteiger partial charge in [-0.3, -0.25) is 0 Å². The van der Waals surface area contributed by atoms with Crippen LogP contribution in [0, 0.1) is 11.8 Å². The molecular weight excluding hydrogens is 246 g/mol. The summed E-state index contributed by atoms with van der Waals surface area (Å²) in [7, 11) is 0. The Balaban J connectivity index is 2.17. The number of aliphatic hydroxyl groups is 1. The Kier molecular flexibility index (Phi) is 4.18. The van der Waals surface area contributed by atoms with Crippen molar-refractivity contribution in [2.24, 2.45) is 11.8 Å². The lowest BCUT2D eigenvalue weighted by Crippen LogP contribution is -2.48. The quantitative estimate of drug-likeness (QED) is 0.869. The SMILES string of the molecule is CC1CC(C)CC(CO)(Nc2cccc(Cl)c2)C1. The van der Waals surface area contributed by atoms with Crippen LogP contribution in [0.5, 0.6) is 0 Å². The Morgan fingerprint density at radius 1 is 1.33 bits per heavy atom. The maximum Gasteiger partial charge on any atom is 0.0661 e. The number of nitrogens with one attached hydrogen (secondary N) is 1. The second-order valence-corrected chi connectivity index (χ2v) is 6.36. The minimum absolute atomic E-state index is 0.175. The minimum atomic E-state index is -0.193. The van der Waals surface area contributed by atoms with E-state index in [1.165, 1.54) is 6.42 Å². The lowest BCUT2D eigenvalue weighted by molar-refractivity contribution is 0.122. The molecule has 1 aromatic rings. The molecular formula is C15H22ClNO. The van der Waals surface area contributed by atoms with Crippen LogP contribution >= 0.6 is 11.6 Å². The Hall–Kier alpha value is -0.730. The molecule has 0 spiro atoms. The predicted octanol–water partition coefficient (Wildman–Crippen LogP) is 3.94. The van der Waals surface area contributed by atoms with E-state index in [0.717, 1.165) is 23.6 Å². The number of hydrogen-bond acceptors (Lipinski definition) is 2. The van der Waals surface area contributed by atoms with E-state index in [4.69, 9.17) is 11.6 Å². The molecule has 0 bridgehead atoms. The molecule has 3 heteroatoms.